The van der Waals surface area contributed by atoms with Gasteiger partial charge in [0.1, 0.15) is 0 Å². The first-order valence-corrected chi connectivity index (χ1v) is 3.27. The first-order valence-electron chi connectivity index (χ1n) is 3.27. The number of benzene rings is 1. The summed E-state index contributed by atoms with van der Waals surface area (Å²) < 4.78 is 4.91. The van der Waals surface area contributed by atoms with E-state index in [9.17, 15) is 0 Å². The molecule has 1 atom stereocenters. The molecule has 0 bridgehead atoms. The smallest absolute Gasteiger partial charge is 0.168 e. The molecular weight excluding hydrogens is 138 g/mol. The molecule has 0 N–H and O–H groups in total. The average molecular weight is 146 g/mol. The first-order chi connectivity index (χ1) is 5.38. The van der Waals surface area contributed by atoms with Crippen molar-refractivity contribution in [1.29, 1.82) is 5.26 Å². The molecule has 1 radical (unpaired) electrons. The number of nitrogens with zero attached hydrogens (tertiary/aromatic N) is 1. The van der Waals surface area contributed by atoms with Gasteiger partial charge in [0, 0.05) is 7.11 Å². The molecule has 11 heavy (non-hydrogen) atoms. The second kappa shape index (κ2) is 3.75. The van der Waals surface area contributed by atoms with Gasteiger partial charge in [-0.25, -0.2) is 0 Å². The molecule has 0 spiro atoms. The highest BCUT2D eigenvalue weighted by molar-refractivity contribution is 5.21. The zero-order chi connectivity index (χ0) is 8.10. The van der Waals surface area contributed by atoms with E-state index in [0.717, 1.165) is 5.56 Å². The Morgan fingerprint density at radius 3 is 2.64 bits per heavy atom. The Morgan fingerprint density at radius 2 is 2.18 bits per heavy atom. The van der Waals surface area contributed by atoms with Crippen LogP contribution in [0.3, 0.4) is 0 Å². The molecule has 0 aromatic heterocycles. The van der Waals surface area contributed by atoms with Gasteiger partial charge < -0.3 is 4.74 Å². The summed E-state index contributed by atoms with van der Waals surface area (Å²) in [6, 6.07) is 12.1. The van der Waals surface area contributed by atoms with E-state index in [-0.39, 0.29) is 0 Å². The minimum Gasteiger partial charge on any atom is -0.362 e. The van der Waals surface area contributed by atoms with Crippen molar-refractivity contribution in [3.63, 3.8) is 0 Å². The Hall–Kier alpha value is -1.33. The second-order valence-corrected chi connectivity index (χ2v) is 2.08. The Morgan fingerprint density at radius 1 is 1.55 bits per heavy atom. The van der Waals surface area contributed by atoms with E-state index in [2.05, 4.69) is 6.07 Å². The molecule has 2 heteroatoms. The molecule has 1 aromatic carbocycles. The molecule has 55 valence electrons. The van der Waals surface area contributed by atoms with Crippen LogP contribution in [-0.4, -0.2) is 7.11 Å². The van der Waals surface area contributed by atoms with Crippen LogP contribution in [0.4, 0.5) is 0 Å². The SMILES string of the molecule is COC(C#N)c1cc[c]cc1. The van der Waals surface area contributed by atoms with Crippen LogP contribution in [0.1, 0.15) is 11.7 Å². The molecule has 0 saturated heterocycles. The fraction of sp³-hybridized carbons (Fsp3) is 0.222. The molecule has 0 aliphatic carbocycles. The molecule has 2 nitrogen and oxygen atoms in total. The van der Waals surface area contributed by atoms with Gasteiger partial charge in [-0.15, -0.1) is 0 Å². The number of nitriles is 1. The number of hydrogen-bond acceptors (Lipinski definition) is 2. The molecule has 1 rings (SSSR count). The summed E-state index contributed by atoms with van der Waals surface area (Å²) in [7, 11) is 1.52. The molecule has 1 aromatic rings. The summed E-state index contributed by atoms with van der Waals surface area (Å²) in [5, 5.41) is 8.59. The van der Waals surface area contributed by atoms with Crippen LogP contribution < -0.4 is 0 Å². The quantitative estimate of drug-likeness (QED) is 0.636. The Labute approximate surface area is 66.0 Å². The lowest BCUT2D eigenvalue weighted by molar-refractivity contribution is 0.148. The van der Waals surface area contributed by atoms with Gasteiger partial charge in [-0.2, -0.15) is 5.26 Å². The number of hydrogen-bond donors (Lipinski definition) is 0. The third kappa shape index (κ3) is 1.79. The van der Waals surface area contributed by atoms with Crippen molar-refractivity contribution < 1.29 is 4.74 Å². The molecule has 0 fully saturated rings. The van der Waals surface area contributed by atoms with Gasteiger partial charge in [0.05, 0.1) is 6.07 Å². The molecule has 1 unspecified atom stereocenters. The third-order valence-corrected chi connectivity index (χ3v) is 1.40. The highest BCUT2D eigenvalue weighted by atomic mass is 16.5. The van der Waals surface area contributed by atoms with E-state index >= 15 is 0 Å². The molecule has 0 aliphatic heterocycles. The monoisotopic (exact) mass is 146 g/mol. The van der Waals surface area contributed by atoms with Gasteiger partial charge in [-0.05, 0) is 11.6 Å². The maximum Gasteiger partial charge on any atom is 0.168 e. The Balaban J connectivity index is 2.85. The van der Waals surface area contributed by atoms with E-state index in [0.29, 0.717) is 0 Å². The van der Waals surface area contributed by atoms with E-state index < -0.39 is 6.10 Å². The molecule has 0 heterocycles. The number of ether oxygens (including phenoxy) is 1. The summed E-state index contributed by atoms with van der Waals surface area (Å²) >= 11 is 0. The topological polar surface area (TPSA) is 33.0 Å². The van der Waals surface area contributed by atoms with Crippen LogP contribution in [0, 0.1) is 17.4 Å². The molecular formula is C9H8NO. The maximum atomic E-state index is 8.59. The summed E-state index contributed by atoms with van der Waals surface area (Å²) in [6.07, 6.45) is -0.454. The predicted octanol–water partition coefficient (Wildman–Crippen LogP) is 1.70. The van der Waals surface area contributed by atoms with E-state index in [1.54, 1.807) is 12.1 Å². The molecule has 0 aliphatic rings. The van der Waals surface area contributed by atoms with Gasteiger partial charge in [-0.1, -0.05) is 24.3 Å². The molecule has 0 amide bonds. The lowest BCUT2D eigenvalue weighted by atomic mass is 10.1. The van der Waals surface area contributed by atoms with E-state index in [4.69, 9.17) is 10.00 Å². The van der Waals surface area contributed by atoms with Crippen LogP contribution in [0.5, 0.6) is 0 Å². The fourth-order valence-electron chi connectivity index (χ4n) is 0.838. The normalized spacial score (nSPS) is 12.0. The van der Waals surface area contributed by atoms with Crippen molar-refractivity contribution in [2.24, 2.45) is 0 Å². The number of rotatable bonds is 2. The van der Waals surface area contributed by atoms with Crippen molar-refractivity contribution in [1.82, 2.24) is 0 Å². The van der Waals surface area contributed by atoms with Crippen molar-refractivity contribution in [3.05, 3.63) is 35.9 Å². The predicted molar refractivity (Wildman–Crippen MR) is 40.6 cm³/mol. The number of methoxy groups -OCH3 is 1. The van der Waals surface area contributed by atoms with Crippen LogP contribution in [0.25, 0.3) is 0 Å². The Bertz CT molecular complexity index is 250. The highest BCUT2D eigenvalue weighted by Crippen LogP contribution is 2.13. The zero-order valence-electron chi connectivity index (χ0n) is 6.24. The summed E-state index contributed by atoms with van der Waals surface area (Å²) in [6.45, 7) is 0. The van der Waals surface area contributed by atoms with Gasteiger partial charge in [0.15, 0.2) is 6.10 Å². The van der Waals surface area contributed by atoms with Crippen molar-refractivity contribution in [2.75, 3.05) is 7.11 Å². The van der Waals surface area contributed by atoms with Crippen molar-refractivity contribution in [2.45, 2.75) is 6.10 Å². The second-order valence-electron chi connectivity index (χ2n) is 2.08. The summed E-state index contributed by atoms with van der Waals surface area (Å²) in [5.74, 6) is 0. The first kappa shape index (κ1) is 7.77. The zero-order valence-corrected chi connectivity index (χ0v) is 6.24. The van der Waals surface area contributed by atoms with E-state index in [1.165, 1.54) is 7.11 Å². The average Bonchev–Trinajstić information content (AvgIpc) is 2.09. The fourth-order valence-corrected chi connectivity index (χ4v) is 0.838. The highest BCUT2D eigenvalue weighted by Gasteiger charge is 2.05. The summed E-state index contributed by atoms with van der Waals surface area (Å²) in [5.41, 5.74) is 0.869. The van der Waals surface area contributed by atoms with Gasteiger partial charge in [0.2, 0.25) is 0 Å². The minimum atomic E-state index is -0.454. The van der Waals surface area contributed by atoms with E-state index in [1.807, 2.05) is 18.2 Å². The summed E-state index contributed by atoms with van der Waals surface area (Å²) in [4.78, 5) is 0. The van der Waals surface area contributed by atoms with Crippen molar-refractivity contribution >= 4 is 0 Å². The largest absolute Gasteiger partial charge is 0.362 e. The maximum absolute atomic E-state index is 8.59. The van der Waals surface area contributed by atoms with Gasteiger partial charge >= 0.3 is 0 Å². The minimum absolute atomic E-state index is 0.454. The van der Waals surface area contributed by atoms with Gasteiger partial charge in [0.25, 0.3) is 0 Å². The van der Waals surface area contributed by atoms with Gasteiger partial charge in [-0.3, -0.25) is 0 Å². The lowest BCUT2D eigenvalue weighted by Gasteiger charge is -2.04. The van der Waals surface area contributed by atoms with Crippen LogP contribution in [-0.2, 0) is 4.74 Å². The van der Waals surface area contributed by atoms with Crippen LogP contribution in [0.2, 0.25) is 0 Å². The standard InChI is InChI=1S/C9H8NO/c1-11-9(7-10)8-5-3-2-4-6-8/h3-6,9H,1H3. The third-order valence-electron chi connectivity index (χ3n) is 1.40. The van der Waals surface area contributed by atoms with Crippen LogP contribution >= 0.6 is 0 Å². The van der Waals surface area contributed by atoms with Crippen LogP contribution in [0.15, 0.2) is 24.3 Å². The molecule has 0 saturated carbocycles. The van der Waals surface area contributed by atoms with Crippen molar-refractivity contribution in [3.8, 4) is 6.07 Å². The lowest BCUT2D eigenvalue weighted by Crippen LogP contribution is -1.96. The Kier molecular flexibility index (Phi) is 2.65.